The molecule has 0 aliphatic carbocycles. The Morgan fingerprint density at radius 2 is 2.14 bits per heavy atom. The Balaban J connectivity index is 2.10. The SMILES string of the molecule is COC(=O)[C@]1(C)N[C@@H](c2ccco2)[C@H]2C(=O)N(C)C(=O)[C@H]21. The summed E-state index contributed by atoms with van der Waals surface area (Å²) in [5.74, 6) is -2.20. The number of carbonyl (C=O) groups is 3. The molecule has 2 aliphatic heterocycles. The molecule has 3 rings (SSSR count). The first-order valence-corrected chi connectivity index (χ1v) is 6.62. The average molecular weight is 292 g/mol. The van der Waals surface area contributed by atoms with Gasteiger partial charge >= 0.3 is 5.97 Å². The smallest absolute Gasteiger partial charge is 0.326 e. The van der Waals surface area contributed by atoms with Crippen LogP contribution in [0.1, 0.15) is 18.7 Å². The van der Waals surface area contributed by atoms with Gasteiger partial charge in [0.25, 0.3) is 0 Å². The van der Waals surface area contributed by atoms with Crippen LogP contribution in [0.2, 0.25) is 0 Å². The van der Waals surface area contributed by atoms with Gasteiger partial charge in [0.1, 0.15) is 11.3 Å². The fourth-order valence-corrected chi connectivity index (χ4v) is 3.39. The highest BCUT2D eigenvalue weighted by molar-refractivity contribution is 6.09. The number of carbonyl (C=O) groups excluding carboxylic acids is 3. The van der Waals surface area contributed by atoms with Gasteiger partial charge in [-0.2, -0.15) is 0 Å². The van der Waals surface area contributed by atoms with Crippen LogP contribution in [-0.4, -0.2) is 42.4 Å². The zero-order valence-corrected chi connectivity index (χ0v) is 12.0. The molecular weight excluding hydrogens is 276 g/mol. The molecule has 0 unspecified atom stereocenters. The van der Waals surface area contributed by atoms with Crippen LogP contribution in [0.15, 0.2) is 22.8 Å². The van der Waals surface area contributed by atoms with E-state index in [-0.39, 0.29) is 11.8 Å². The summed E-state index contributed by atoms with van der Waals surface area (Å²) in [5, 5.41) is 3.07. The molecule has 1 N–H and O–H groups in total. The standard InChI is InChI=1S/C14H16N2O5/c1-14(13(19)20-3)9-8(11(17)16(2)12(9)18)10(15-14)7-5-4-6-21-7/h4-6,8-10,15H,1-3H3/t8-,9-,10-,14+/m0/s1. The van der Waals surface area contributed by atoms with Crippen LogP contribution in [0.5, 0.6) is 0 Å². The van der Waals surface area contributed by atoms with Gasteiger partial charge in [0, 0.05) is 7.05 Å². The Hall–Kier alpha value is -2.15. The molecule has 112 valence electrons. The maximum atomic E-state index is 12.4. The van der Waals surface area contributed by atoms with E-state index in [2.05, 4.69) is 5.32 Å². The Bertz CT molecular complexity index is 611. The minimum absolute atomic E-state index is 0.313. The third kappa shape index (κ3) is 1.67. The minimum atomic E-state index is -1.26. The first-order chi connectivity index (χ1) is 9.91. The molecule has 2 fully saturated rings. The maximum absolute atomic E-state index is 12.4. The van der Waals surface area contributed by atoms with Gasteiger partial charge in [-0.25, -0.2) is 0 Å². The molecule has 7 heteroatoms. The second kappa shape index (κ2) is 4.42. The van der Waals surface area contributed by atoms with Crippen molar-refractivity contribution in [1.29, 1.82) is 0 Å². The van der Waals surface area contributed by atoms with E-state index in [4.69, 9.17) is 9.15 Å². The molecule has 0 bridgehead atoms. The Morgan fingerprint density at radius 3 is 2.71 bits per heavy atom. The second-order valence-electron chi connectivity index (χ2n) is 5.57. The van der Waals surface area contributed by atoms with Gasteiger partial charge < -0.3 is 9.15 Å². The van der Waals surface area contributed by atoms with E-state index in [1.165, 1.54) is 20.4 Å². The fourth-order valence-electron chi connectivity index (χ4n) is 3.39. The third-order valence-electron chi connectivity index (χ3n) is 4.47. The highest BCUT2D eigenvalue weighted by Crippen LogP contribution is 2.48. The number of hydrogen-bond donors (Lipinski definition) is 1. The van der Waals surface area contributed by atoms with E-state index in [1.54, 1.807) is 19.1 Å². The summed E-state index contributed by atoms with van der Waals surface area (Å²) in [4.78, 5) is 38.0. The summed E-state index contributed by atoms with van der Waals surface area (Å²) in [7, 11) is 2.69. The van der Waals surface area contributed by atoms with Crippen LogP contribution in [0.3, 0.4) is 0 Å². The largest absolute Gasteiger partial charge is 0.468 e. The van der Waals surface area contributed by atoms with Gasteiger partial charge in [0.15, 0.2) is 0 Å². The number of amides is 2. The van der Waals surface area contributed by atoms with Crippen LogP contribution >= 0.6 is 0 Å². The van der Waals surface area contributed by atoms with Gasteiger partial charge in [-0.15, -0.1) is 0 Å². The Morgan fingerprint density at radius 1 is 1.43 bits per heavy atom. The van der Waals surface area contributed by atoms with E-state index < -0.39 is 29.4 Å². The number of nitrogens with zero attached hydrogens (tertiary/aromatic N) is 1. The first kappa shape index (κ1) is 13.8. The van der Waals surface area contributed by atoms with E-state index in [9.17, 15) is 14.4 Å². The lowest BCUT2D eigenvalue weighted by Crippen LogP contribution is -2.53. The van der Waals surface area contributed by atoms with E-state index >= 15 is 0 Å². The van der Waals surface area contributed by atoms with Crippen molar-refractivity contribution in [2.75, 3.05) is 14.2 Å². The number of furan rings is 1. The van der Waals surface area contributed by atoms with Crippen molar-refractivity contribution in [2.24, 2.45) is 11.8 Å². The summed E-state index contributed by atoms with van der Waals surface area (Å²) < 4.78 is 10.2. The number of likely N-dealkylation sites (tertiary alicyclic amines) is 1. The number of methoxy groups -OCH3 is 1. The average Bonchev–Trinajstić information content (AvgIpc) is 3.14. The molecule has 21 heavy (non-hydrogen) atoms. The summed E-state index contributed by atoms with van der Waals surface area (Å²) in [6.07, 6.45) is 1.49. The molecule has 2 saturated heterocycles. The summed E-state index contributed by atoms with van der Waals surface area (Å²) in [6.45, 7) is 1.59. The predicted molar refractivity (Wildman–Crippen MR) is 69.8 cm³/mol. The zero-order chi connectivity index (χ0) is 15.4. The normalized spacial score (nSPS) is 35.2. The lowest BCUT2D eigenvalue weighted by Gasteiger charge is -2.27. The van der Waals surface area contributed by atoms with Gasteiger partial charge in [-0.3, -0.25) is 24.6 Å². The van der Waals surface area contributed by atoms with E-state index in [0.717, 1.165) is 4.90 Å². The molecule has 1 aromatic heterocycles. The first-order valence-electron chi connectivity index (χ1n) is 6.62. The topological polar surface area (TPSA) is 88.8 Å². The quantitative estimate of drug-likeness (QED) is 0.614. The van der Waals surface area contributed by atoms with Crippen LogP contribution in [0.4, 0.5) is 0 Å². The van der Waals surface area contributed by atoms with E-state index in [1.807, 2.05) is 0 Å². The summed E-state index contributed by atoms with van der Waals surface area (Å²) >= 11 is 0. The van der Waals surface area contributed by atoms with Crippen molar-refractivity contribution in [3.63, 3.8) is 0 Å². The number of fused-ring (bicyclic) bond motifs is 1. The van der Waals surface area contributed by atoms with Crippen molar-refractivity contribution in [3.8, 4) is 0 Å². The molecule has 0 saturated carbocycles. The van der Waals surface area contributed by atoms with Gasteiger partial charge in [-0.05, 0) is 19.1 Å². The third-order valence-corrected chi connectivity index (χ3v) is 4.47. The zero-order valence-electron chi connectivity index (χ0n) is 12.0. The van der Waals surface area contributed by atoms with Crippen molar-refractivity contribution < 1.29 is 23.5 Å². The number of esters is 1. The van der Waals surface area contributed by atoms with Crippen LogP contribution in [-0.2, 0) is 19.1 Å². The maximum Gasteiger partial charge on any atom is 0.326 e. The lowest BCUT2D eigenvalue weighted by molar-refractivity contribution is -0.152. The number of hydrogen-bond acceptors (Lipinski definition) is 6. The Kier molecular flexibility index (Phi) is 2.91. The van der Waals surface area contributed by atoms with Crippen LogP contribution < -0.4 is 5.32 Å². The van der Waals surface area contributed by atoms with Gasteiger partial charge in [0.2, 0.25) is 11.8 Å². The highest BCUT2D eigenvalue weighted by atomic mass is 16.5. The monoisotopic (exact) mass is 292 g/mol. The van der Waals surface area contributed by atoms with Crippen LogP contribution in [0.25, 0.3) is 0 Å². The van der Waals surface area contributed by atoms with Crippen molar-refractivity contribution in [1.82, 2.24) is 10.2 Å². The van der Waals surface area contributed by atoms with E-state index in [0.29, 0.717) is 5.76 Å². The summed E-state index contributed by atoms with van der Waals surface area (Å²) in [6, 6.07) is 2.88. The minimum Gasteiger partial charge on any atom is -0.468 e. The Labute approximate surface area is 121 Å². The van der Waals surface area contributed by atoms with Crippen molar-refractivity contribution >= 4 is 17.8 Å². The molecular formula is C14H16N2O5. The number of ether oxygens (including phenoxy) is 1. The second-order valence-corrected chi connectivity index (χ2v) is 5.57. The van der Waals surface area contributed by atoms with Gasteiger partial charge in [-0.1, -0.05) is 0 Å². The summed E-state index contributed by atoms with van der Waals surface area (Å²) in [5.41, 5.74) is -1.26. The molecule has 0 spiro atoms. The predicted octanol–water partition coefficient (Wildman–Crippen LogP) is 0.0866. The molecule has 0 radical (unpaired) electrons. The lowest BCUT2D eigenvalue weighted by atomic mass is 9.81. The van der Waals surface area contributed by atoms with Crippen LogP contribution in [0, 0.1) is 11.8 Å². The fraction of sp³-hybridized carbons (Fsp3) is 0.500. The number of nitrogens with one attached hydrogen (secondary N) is 1. The van der Waals surface area contributed by atoms with Crippen molar-refractivity contribution in [3.05, 3.63) is 24.2 Å². The van der Waals surface area contributed by atoms with Gasteiger partial charge in [0.05, 0.1) is 31.3 Å². The molecule has 7 nitrogen and oxygen atoms in total. The highest BCUT2D eigenvalue weighted by Gasteiger charge is 2.66. The number of rotatable bonds is 2. The molecule has 2 aliphatic rings. The number of imide groups is 1. The molecule has 1 aromatic rings. The molecule has 2 amide bonds. The molecule has 4 atom stereocenters. The molecule has 3 heterocycles. The molecule has 0 aromatic carbocycles. The van der Waals surface area contributed by atoms with Crippen molar-refractivity contribution in [2.45, 2.75) is 18.5 Å².